The van der Waals surface area contributed by atoms with Crippen molar-refractivity contribution in [1.82, 2.24) is 29.8 Å². The highest BCUT2D eigenvalue weighted by atomic mass is 35.5. The van der Waals surface area contributed by atoms with Crippen molar-refractivity contribution in [2.75, 3.05) is 13.1 Å². The topological polar surface area (TPSA) is 68.0 Å². The SMILES string of the molecule is CCCN1CCCn2nc(CNC(=O)CCn3cc(Cl)cn3)cc2C1. The molecule has 25 heavy (non-hydrogen) atoms. The van der Waals surface area contributed by atoms with Crippen LogP contribution in [0, 0.1) is 0 Å². The fraction of sp³-hybridized carbons (Fsp3) is 0.588. The third kappa shape index (κ3) is 5.06. The Morgan fingerprint density at radius 1 is 1.36 bits per heavy atom. The van der Waals surface area contributed by atoms with Crippen LogP contribution in [0.3, 0.4) is 0 Å². The van der Waals surface area contributed by atoms with Gasteiger partial charge in [-0.25, -0.2) is 0 Å². The van der Waals surface area contributed by atoms with Gasteiger partial charge in [0, 0.05) is 38.8 Å². The van der Waals surface area contributed by atoms with Gasteiger partial charge in [0.15, 0.2) is 0 Å². The molecule has 0 radical (unpaired) electrons. The second kappa shape index (κ2) is 8.49. The lowest BCUT2D eigenvalue weighted by molar-refractivity contribution is -0.121. The van der Waals surface area contributed by atoms with Crippen LogP contribution in [0.25, 0.3) is 0 Å². The van der Waals surface area contributed by atoms with Crippen LogP contribution in [0.4, 0.5) is 0 Å². The van der Waals surface area contributed by atoms with Crippen LogP contribution in [0.2, 0.25) is 5.02 Å². The van der Waals surface area contributed by atoms with E-state index in [1.54, 1.807) is 17.1 Å². The van der Waals surface area contributed by atoms with Gasteiger partial charge in [-0.15, -0.1) is 0 Å². The molecule has 0 aromatic carbocycles. The molecule has 7 nitrogen and oxygen atoms in total. The average molecular weight is 365 g/mol. The first kappa shape index (κ1) is 17.9. The van der Waals surface area contributed by atoms with E-state index in [-0.39, 0.29) is 5.91 Å². The fourth-order valence-corrected chi connectivity index (χ4v) is 3.29. The maximum Gasteiger partial charge on any atom is 0.222 e. The van der Waals surface area contributed by atoms with Crippen molar-refractivity contribution in [2.24, 2.45) is 0 Å². The molecule has 3 rings (SSSR count). The molecule has 1 aliphatic heterocycles. The number of nitrogens with zero attached hydrogens (tertiary/aromatic N) is 5. The van der Waals surface area contributed by atoms with Gasteiger partial charge in [0.2, 0.25) is 5.91 Å². The minimum atomic E-state index is -0.0116. The summed E-state index contributed by atoms with van der Waals surface area (Å²) in [7, 11) is 0. The van der Waals surface area contributed by atoms with Crippen molar-refractivity contribution in [3.63, 3.8) is 0 Å². The molecule has 0 bridgehead atoms. The summed E-state index contributed by atoms with van der Waals surface area (Å²) in [5, 5.41) is 12.2. The highest BCUT2D eigenvalue weighted by Gasteiger charge is 2.16. The minimum Gasteiger partial charge on any atom is -0.350 e. The zero-order chi connectivity index (χ0) is 17.6. The number of nitrogens with one attached hydrogen (secondary N) is 1. The van der Waals surface area contributed by atoms with Gasteiger partial charge >= 0.3 is 0 Å². The number of aromatic nitrogens is 4. The largest absolute Gasteiger partial charge is 0.350 e. The highest BCUT2D eigenvalue weighted by Crippen LogP contribution is 2.14. The van der Waals surface area contributed by atoms with Crippen LogP contribution in [0.5, 0.6) is 0 Å². The molecule has 1 amide bonds. The second-order valence-corrected chi connectivity index (χ2v) is 6.86. The van der Waals surface area contributed by atoms with Gasteiger partial charge in [0.25, 0.3) is 0 Å². The number of carbonyl (C=O) groups excluding carboxylic acids is 1. The van der Waals surface area contributed by atoms with E-state index in [4.69, 9.17) is 11.6 Å². The maximum absolute atomic E-state index is 12.0. The van der Waals surface area contributed by atoms with Crippen LogP contribution in [0.1, 0.15) is 37.6 Å². The molecular weight excluding hydrogens is 340 g/mol. The standard InChI is InChI=1S/C17H25ClN6O/c1-2-5-22-6-3-7-24-16(13-22)9-15(21-24)11-19-17(25)4-8-23-12-14(18)10-20-23/h9-10,12H,2-8,11,13H2,1H3,(H,19,25). The van der Waals surface area contributed by atoms with Gasteiger partial charge in [0.1, 0.15) is 0 Å². The summed E-state index contributed by atoms with van der Waals surface area (Å²) in [6.45, 7) is 7.32. The molecule has 0 atom stereocenters. The van der Waals surface area contributed by atoms with Gasteiger partial charge < -0.3 is 5.32 Å². The molecule has 2 aromatic rings. The Morgan fingerprint density at radius 3 is 3.00 bits per heavy atom. The first-order valence-electron chi connectivity index (χ1n) is 8.86. The number of rotatable bonds is 7. The Labute approximate surface area is 152 Å². The van der Waals surface area contributed by atoms with E-state index < -0.39 is 0 Å². The van der Waals surface area contributed by atoms with Crippen molar-refractivity contribution >= 4 is 17.5 Å². The number of halogens is 1. The maximum atomic E-state index is 12.0. The average Bonchev–Trinajstić information content (AvgIpc) is 3.13. The molecule has 0 unspecified atom stereocenters. The zero-order valence-electron chi connectivity index (χ0n) is 14.6. The molecule has 0 saturated heterocycles. The van der Waals surface area contributed by atoms with Crippen LogP contribution in [-0.2, 0) is 31.0 Å². The van der Waals surface area contributed by atoms with Crippen molar-refractivity contribution in [2.45, 2.75) is 52.4 Å². The summed E-state index contributed by atoms with van der Waals surface area (Å²) in [5.41, 5.74) is 2.16. The molecule has 3 heterocycles. The number of aryl methyl sites for hydroxylation is 2. The van der Waals surface area contributed by atoms with Crippen molar-refractivity contribution < 1.29 is 4.79 Å². The molecule has 1 aliphatic rings. The zero-order valence-corrected chi connectivity index (χ0v) is 15.4. The van der Waals surface area contributed by atoms with Crippen LogP contribution < -0.4 is 5.32 Å². The first-order chi connectivity index (χ1) is 12.1. The summed E-state index contributed by atoms with van der Waals surface area (Å²) in [5.74, 6) is -0.0116. The summed E-state index contributed by atoms with van der Waals surface area (Å²) in [6.07, 6.45) is 5.93. The number of amides is 1. The number of hydrogen-bond donors (Lipinski definition) is 1. The number of carbonyl (C=O) groups is 1. The van der Waals surface area contributed by atoms with E-state index in [1.165, 1.54) is 12.1 Å². The van der Waals surface area contributed by atoms with Crippen molar-refractivity contribution in [3.05, 3.63) is 34.9 Å². The number of fused-ring (bicyclic) bond motifs is 1. The van der Waals surface area contributed by atoms with Crippen LogP contribution >= 0.6 is 11.6 Å². The van der Waals surface area contributed by atoms with Gasteiger partial charge in [-0.2, -0.15) is 10.2 Å². The number of hydrogen-bond acceptors (Lipinski definition) is 4. The van der Waals surface area contributed by atoms with Crippen molar-refractivity contribution in [1.29, 1.82) is 0 Å². The predicted molar refractivity (Wildman–Crippen MR) is 96.1 cm³/mol. The summed E-state index contributed by atoms with van der Waals surface area (Å²) < 4.78 is 3.76. The molecule has 8 heteroatoms. The highest BCUT2D eigenvalue weighted by molar-refractivity contribution is 6.30. The summed E-state index contributed by atoms with van der Waals surface area (Å²) in [6, 6.07) is 2.11. The fourth-order valence-electron chi connectivity index (χ4n) is 3.14. The Kier molecular flexibility index (Phi) is 6.09. The normalized spacial score (nSPS) is 15.0. The van der Waals surface area contributed by atoms with E-state index in [0.717, 1.165) is 38.3 Å². The van der Waals surface area contributed by atoms with E-state index >= 15 is 0 Å². The smallest absolute Gasteiger partial charge is 0.222 e. The summed E-state index contributed by atoms with van der Waals surface area (Å²) in [4.78, 5) is 14.5. The lowest BCUT2D eigenvalue weighted by Crippen LogP contribution is -2.24. The van der Waals surface area contributed by atoms with E-state index in [0.29, 0.717) is 24.5 Å². The van der Waals surface area contributed by atoms with Crippen LogP contribution in [-0.4, -0.2) is 43.5 Å². The Morgan fingerprint density at radius 2 is 2.24 bits per heavy atom. The third-order valence-electron chi connectivity index (χ3n) is 4.32. The van der Waals surface area contributed by atoms with Gasteiger partial charge in [0.05, 0.1) is 29.2 Å². The van der Waals surface area contributed by atoms with Crippen LogP contribution in [0.15, 0.2) is 18.5 Å². The predicted octanol–water partition coefficient (Wildman–Crippen LogP) is 2.06. The lowest BCUT2D eigenvalue weighted by atomic mass is 10.3. The monoisotopic (exact) mass is 364 g/mol. The molecule has 136 valence electrons. The van der Waals surface area contributed by atoms with E-state index in [9.17, 15) is 4.79 Å². The quantitative estimate of drug-likeness (QED) is 0.816. The first-order valence-corrected chi connectivity index (χ1v) is 9.24. The van der Waals surface area contributed by atoms with E-state index in [1.807, 2.05) is 0 Å². The Bertz CT molecular complexity index is 710. The van der Waals surface area contributed by atoms with Gasteiger partial charge in [-0.3, -0.25) is 19.1 Å². The van der Waals surface area contributed by atoms with E-state index in [2.05, 4.69) is 38.1 Å². The molecule has 0 spiro atoms. The Hall–Kier alpha value is -1.86. The molecule has 0 fully saturated rings. The third-order valence-corrected chi connectivity index (χ3v) is 4.52. The Balaban J connectivity index is 1.48. The lowest BCUT2D eigenvalue weighted by Gasteiger charge is -2.17. The molecule has 1 N–H and O–H groups in total. The molecular formula is C17H25ClN6O. The second-order valence-electron chi connectivity index (χ2n) is 6.43. The molecule has 2 aromatic heterocycles. The van der Waals surface area contributed by atoms with Gasteiger partial charge in [-0.1, -0.05) is 18.5 Å². The molecule has 0 aliphatic carbocycles. The summed E-state index contributed by atoms with van der Waals surface area (Å²) >= 11 is 5.81. The molecule has 0 saturated carbocycles. The van der Waals surface area contributed by atoms with Gasteiger partial charge in [-0.05, 0) is 25.5 Å². The minimum absolute atomic E-state index is 0.0116. The van der Waals surface area contributed by atoms with Crippen molar-refractivity contribution in [3.8, 4) is 0 Å².